The van der Waals surface area contributed by atoms with E-state index in [0.717, 1.165) is 0 Å². The molecule has 0 spiro atoms. The Morgan fingerprint density at radius 2 is 1.79 bits per heavy atom. The summed E-state index contributed by atoms with van der Waals surface area (Å²) in [7, 11) is -7.64. The van der Waals surface area contributed by atoms with Gasteiger partial charge in [-0.15, -0.1) is 0 Å². The first-order valence-electron chi connectivity index (χ1n) is 7.23. The Morgan fingerprint density at radius 1 is 1.18 bits per heavy atom. The van der Waals surface area contributed by atoms with Gasteiger partial charge in [-0.05, 0) is 36.4 Å². The van der Waals surface area contributed by atoms with Gasteiger partial charge in [0.2, 0.25) is 9.84 Å². The third kappa shape index (κ3) is 4.89. The van der Waals surface area contributed by atoms with Gasteiger partial charge in [0, 0.05) is 22.4 Å². The molecule has 0 N–H and O–H groups in total. The SMILES string of the molecule is CS(=O)(=N/C=C(/C#N)S(=O)(=O)c1ccc(C(F)(F)F)cn1)c1ccc(Cl)cc1. The molecular weight excluding hydrogens is 439 g/mol. The molecule has 0 amide bonds. The van der Waals surface area contributed by atoms with Crippen LogP contribution in [0.15, 0.2) is 68.0 Å². The molecule has 0 fully saturated rings. The van der Waals surface area contributed by atoms with E-state index in [4.69, 9.17) is 16.9 Å². The van der Waals surface area contributed by atoms with Crippen LogP contribution in [0.25, 0.3) is 0 Å². The number of alkyl halides is 3. The minimum absolute atomic E-state index is 0.246. The first-order valence-corrected chi connectivity index (χ1v) is 11.0. The maximum atomic E-state index is 12.6. The number of rotatable bonds is 4. The molecule has 0 bridgehead atoms. The lowest BCUT2D eigenvalue weighted by molar-refractivity contribution is -0.137. The molecule has 0 radical (unpaired) electrons. The molecule has 0 saturated carbocycles. The van der Waals surface area contributed by atoms with Crippen LogP contribution in [0.3, 0.4) is 0 Å². The van der Waals surface area contributed by atoms with Crippen LogP contribution in [-0.2, 0) is 25.7 Å². The van der Waals surface area contributed by atoms with E-state index in [-0.39, 0.29) is 4.90 Å². The molecule has 1 unspecified atom stereocenters. The van der Waals surface area contributed by atoms with Gasteiger partial charge in [-0.3, -0.25) is 0 Å². The predicted octanol–water partition coefficient (Wildman–Crippen LogP) is 4.05. The Hall–Kier alpha value is -2.42. The number of hydrogen-bond donors (Lipinski definition) is 0. The Kier molecular flexibility index (Phi) is 6.18. The van der Waals surface area contributed by atoms with Crippen LogP contribution in [0, 0.1) is 11.3 Å². The molecule has 2 rings (SSSR count). The summed E-state index contributed by atoms with van der Waals surface area (Å²) in [5.74, 6) is 0. The molecule has 0 aliphatic heterocycles. The van der Waals surface area contributed by atoms with Gasteiger partial charge in [-0.1, -0.05) is 11.6 Å². The standard InChI is InChI=1S/C16H11ClF3N3O3S2/c1-27(24,13-5-3-12(17)4-6-13)23-10-14(8-21)28(25,26)15-7-2-11(9-22-15)16(18,19)20/h2-7,9-10H,1H3/b14-10-. The van der Waals surface area contributed by atoms with E-state index < -0.39 is 41.2 Å². The van der Waals surface area contributed by atoms with Gasteiger partial charge in [0.15, 0.2) is 9.93 Å². The molecule has 0 saturated heterocycles. The number of nitrogens with zero attached hydrogens (tertiary/aromatic N) is 3. The molecule has 28 heavy (non-hydrogen) atoms. The van der Waals surface area contributed by atoms with Crippen molar-refractivity contribution < 1.29 is 25.8 Å². The smallest absolute Gasteiger partial charge is 0.245 e. The third-order valence-corrected chi connectivity index (χ3v) is 6.84. The van der Waals surface area contributed by atoms with Gasteiger partial charge >= 0.3 is 6.18 Å². The van der Waals surface area contributed by atoms with Crippen molar-refractivity contribution in [2.45, 2.75) is 16.1 Å². The van der Waals surface area contributed by atoms with Crippen molar-refractivity contribution in [2.75, 3.05) is 6.26 Å². The van der Waals surface area contributed by atoms with Gasteiger partial charge in [-0.2, -0.15) is 18.4 Å². The molecule has 2 aromatic rings. The minimum Gasteiger partial charge on any atom is -0.245 e. The number of aromatic nitrogens is 1. The Balaban J connectivity index is 2.47. The zero-order chi connectivity index (χ0) is 21.2. The topological polar surface area (TPSA) is 100 Å². The van der Waals surface area contributed by atoms with Crippen molar-refractivity contribution in [1.29, 1.82) is 5.26 Å². The molecule has 6 nitrogen and oxygen atoms in total. The maximum Gasteiger partial charge on any atom is 0.417 e. The van der Waals surface area contributed by atoms with Crippen LogP contribution in [-0.4, -0.2) is 23.9 Å². The van der Waals surface area contributed by atoms with E-state index in [9.17, 15) is 25.8 Å². The average Bonchev–Trinajstić information content (AvgIpc) is 2.61. The van der Waals surface area contributed by atoms with Gasteiger partial charge in [0.25, 0.3) is 0 Å². The first-order chi connectivity index (χ1) is 12.9. The molecule has 0 aliphatic carbocycles. The lowest BCUT2D eigenvalue weighted by Gasteiger charge is -2.07. The van der Waals surface area contributed by atoms with Crippen LogP contribution in [0.4, 0.5) is 13.2 Å². The number of halogens is 4. The van der Waals surface area contributed by atoms with Crippen LogP contribution in [0.1, 0.15) is 5.56 Å². The Bertz CT molecular complexity index is 1170. The summed E-state index contributed by atoms with van der Waals surface area (Å²) in [6, 6.07) is 8.34. The van der Waals surface area contributed by atoms with Gasteiger partial charge in [0.1, 0.15) is 6.07 Å². The van der Waals surface area contributed by atoms with Gasteiger partial charge < -0.3 is 0 Å². The fraction of sp³-hybridized carbons (Fsp3) is 0.125. The highest BCUT2D eigenvalue weighted by molar-refractivity contribution is 7.95. The number of pyridine rings is 1. The van der Waals surface area contributed by atoms with Crippen LogP contribution >= 0.6 is 11.6 Å². The van der Waals surface area contributed by atoms with E-state index in [0.29, 0.717) is 29.6 Å². The van der Waals surface area contributed by atoms with Crippen molar-refractivity contribution in [3.05, 3.63) is 64.3 Å². The van der Waals surface area contributed by atoms with Crippen molar-refractivity contribution in [3.8, 4) is 6.07 Å². The fourth-order valence-electron chi connectivity index (χ4n) is 1.87. The largest absolute Gasteiger partial charge is 0.417 e. The highest BCUT2D eigenvalue weighted by atomic mass is 35.5. The average molecular weight is 450 g/mol. The normalized spacial score (nSPS) is 14.8. The molecular formula is C16H11ClF3N3O3S2. The van der Waals surface area contributed by atoms with E-state index in [2.05, 4.69) is 9.35 Å². The summed E-state index contributed by atoms with van der Waals surface area (Å²) >= 11 is 5.74. The third-order valence-electron chi connectivity index (χ3n) is 3.36. The second-order valence-electron chi connectivity index (χ2n) is 5.35. The lowest BCUT2D eigenvalue weighted by atomic mass is 10.3. The molecule has 0 aliphatic rings. The number of hydrogen-bond acceptors (Lipinski definition) is 6. The number of sulfone groups is 1. The van der Waals surface area contributed by atoms with Crippen molar-refractivity contribution in [2.24, 2.45) is 4.36 Å². The van der Waals surface area contributed by atoms with Crippen LogP contribution in [0.2, 0.25) is 5.02 Å². The molecule has 148 valence electrons. The van der Waals surface area contributed by atoms with Crippen molar-refractivity contribution >= 4 is 31.2 Å². The Labute approximate surface area is 164 Å². The van der Waals surface area contributed by atoms with Crippen molar-refractivity contribution in [3.63, 3.8) is 0 Å². The number of nitriles is 1. The summed E-state index contributed by atoms with van der Waals surface area (Å²) in [5.41, 5.74) is -1.14. The molecule has 1 heterocycles. The first kappa shape index (κ1) is 21.9. The van der Waals surface area contributed by atoms with E-state index in [1.54, 1.807) is 0 Å². The summed E-state index contributed by atoms with van der Waals surface area (Å²) < 4.78 is 78.9. The number of allylic oxidation sites excluding steroid dienone is 1. The van der Waals surface area contributed by atoms with E-state index in [1.807, 2.05) is 0 Å². The zero-order valence-electron chi connectivity index (χ0n) is 14.0. The molecule has 1 aromatic carbocycles. The fourth-order valence-corrected chi connectivity index (χ4v) is 4.11. The van der Waals surface area contributed by atoms with Gasteiger partial charge in [0.05, 0.1) is 21.5 Å². The second kappa shape index (κ2) is 7.90. The lowest BCUT2D eigenvalue weighted by Crippen LogP contribution is -2.09. The Morgan fingerprint density at radius 3 is 2.25 bits per heavy atom. The highest BCUT2D eigenvalue weighted by Crippen LogP contribution is 2.29. The molecule has 1 atom stereocenters. The zero-order valence-corrected chi connectivity index (χ0v) is 16.4. The summed E-state index contributed by atoms with van der Waals surface area (Å²) in [6.45, 7) is 0. The maximum absolute atomic E-state index is 12.6. The molecule has 1 aromatic heterocycles. The van der Waals surface area contributed by atoms with Crippen molar-refractivity contribution in [1.82, 2.24) is 4.98 Å². The predicted molar refractivity (Wildman–Crippen MR) is 96.3 cm³/mol. The van der Waals surface area contributed by atoms with E-state index in [1.165, 1.54) is 36.6 Å². The summed E-state index contributed by atoms with van der Waals surface area (Å²) in [6.07, 6.45) is -2.52. The van der Waals surface area contributed by atoms with Crippen LogP contribution in [0.5, 0.6) is 0 Å². The summed E-state index contributed by atoms with van der Waals surface area (Å²) in [5, 5.41) is 8.76. The quantitative estimate of drug-likeness (QED) is 0.655. The summed E-state index contributed by atoms with van der Waals surface area (Å²) in [4.78, 5) is 2.60. The highest BCUT2D eigenvalue weighted by Gasteiger charge is 2.32. The molecule has 12 heteroatoms. The monoisotopic (exact) mass is 449 g/mol. The second-order valence-corrected chi connectivity index (χ2v) is 9.94. The minimum atomic E-state index is -4.69. The van der Waals surface area contributed by atoms with Crippen LogP contribution < -0.4 is 0 Å². The van der Waals surface area contributed by atoms with E-state index >= 15 is 0 Å². The number of benzene rings is 1. The van der Waals surface area contributed by atoms with Gasteiger partial charge in [-0.25, -0.2) is 22.0 Å².